The van der Waals surface area contributed by atoms with Crippen LogP contribution in [0.25, 0.3) is 0 Å². The van der Waals surface area contributed by atoms with E-state index in [9.17, 15) is 0 Å². The molecule has 0 N–H and O–H groups in total. The minimum Gasteiger partial charge on any atom is -0.242 e. The van der Waals surface area contributed by atoms with E-state index in [0.717, 1.165) is 13.1 Å². The third-order valence-electron chi connectivity index (χ3n) is 2.34. The van der Waals surface area contributed by atoms with E-state index in [1.54, 1.807) is 0 Å². The van der Waals surface area contributed by atoms with Gasteiger partial charge in [0, 0.05) is 13.1 Å². The van der Waals surface area contributed by atoms with Gasteiger partial charge in [0.2, 0.25) is 0 Å². The van der Waals surface area contributed by atoms with Crippen LogP contribution in [0.2, 0.25) is 0 Å². The summed E-state index contributed by atoms with van der Waals surface area (Å²) in [5.41, 5.74) is 0. The summed E-state index contributed by atoms with van der Waals surface area (Å²) in [6.07, 6.45) is 10.8. The second kappa shape index (κ2) is 12.0. The summed E-state index contributed by atoms with van der Waals surface area (Å²) in [6, 6.07) is 0. The van der Waals surface area contributed by atoms with Crippen molar-refractivity contribution in [2.75, 3.05) is 13.1 Å². The average molecular weight is 184 g/mol. The van der Waals surface area contributed by atoms with Gasteiger partial charge in [-0.25, -0.2) is 5.32 Å². The Labute approximate surface area is 84.3 Å². The third kappa shape index (κ3) is 12.0. The van der Waals surface area contributed by atoms with Gasteiger partial charge < -0.3 is 0 Å². The number of unbranched alkanes of at least 4 members (excludes halogenated alkanes) is 6. The first-order chi connectivity index (χ1) is 6.41. The molecular formula is C12H26N. The summed E-state index contributed by atoms with van der Waals surface area (Å²) < 4.78 is 0. The van der Waals surface area contributed by atoms with E-state index in [1.165, 1.54) is 51.4 Å². The topological polar surface area (TPSA) is 14.1 Å². The van der Waals surface area contributed by atoms with Crippen LogP contribution < -0.4 is 5.32 Å². The van der Waals surface area contributed by atoms with Crippen LogP contribution in [0.4, 0.5) is 0 Å². The van der Waals surface area contributed by atoms with Crippen LogP contribution in [0, 0.1) is 0 Å². The Morgan fingerprint density at radius 2 is 1.15 bits per heavy atom. The molecule has 0 heterocycles. The normalized spacial score (nSPS) is 10.6. The van der Waals surface area contributed by atoms with Gasteiger partial charge in [-0.15, -0.1) is 0 Å². The van der Waals surface area contributed by atoms with Crippen LogP contribution in [-0.2, 0) is 0 Å². The summed E-state index contributed by atoms with van der Waals surface area (Å²) in [7, 11) is 0. The van der Waals surface area contributed by atoms with Gasteiger partial charge in [0.25, 0.3) is 0 Å². The Hall–Kier alpha value is -0.0400. The van der Waals surface area contributed by atoms with Gasteiger partial charge in [0.05, 0.1) is 0 Å². The molecular weight excluding hydrogens is 158 g/mol. The maximum Gasteiger partial charge on any atom is 0.0133 e. The summed E-state index contributed by atoms with van der Waals surface area (Å²) in [5, 5.41) is 4.48. The second-order valence-electron chi connectivity index (χ2n) is 3.79. The third-order valence-corrected chi connectivity index (χ3v) is 2.34. The second-order valence-corrected chi connectivity index (χ2v) is 3.79. The first-order valence-corrected chi connectivity index (χ1v) is 6.05. The zero-order valence-electron chi connectivity index (χ0n) is 9.52. The molecule has 0 spiro atoms. The molecule has 1 nitrogen and oxygen atoms in total. The van der Waals surface area contributed by atoms with Crippen molar-refractivity contribution in [3.63, 3.8) is 0 Å². The van der Waals surface area contributed by atoms with Crippen LogP contribution in [0.15, 0.2) is 0 Å². The molecule has 0 aliphatic rings. The Morgan fingerprint density at radius 1 is 0.615 bits per heavy atom. The maximum atomic E-state index is 4.48. The Kier molecular flexibility index (Phi) is 11.9. The van der Waals surface area contributed by atoms with Gasteiger partial charge >= 0.3 is 0 Å². The standard InChI is InChI=1S/C12H26N/c1-3-5-7-8-9-10-12-13-11-6-4-2/h3-12H2,1-2H3. The van der Waals surface area contributed by atoms with Crippen LogP contribution in [-0.4, -0.2) is 13.1 Å². The molecule has 0 bridgehead atoms. The lowest BCUT2D eigenvalue weighted by Gasteiger charge is -2.01. The minimum absolute atomic E-state index is 1.09. The van der Waals surface area contributed by atoms with Crippen LogP contribution >= 0.6 is 0 Å². The monoisotopic (exact) mass is 184 g/mol. The first kappa shape index (κ1) is 13.0. The molecule has 13 heavy (non-hydrogen) atoms. The van der Waals surface area contributed by atoms with Crippen molar-refractivity contribution in [2.24, 2.45) is 0 Å². The van der Waals surface area contributed by atoms with Crippen LogP contribution in [0.1, 0.15) is 65.2 Å². The van der Waals surface area contributed by atoms with Crippen molar-refractivity contribution < 1.29 is 0 Å². The maximum absolute atomic E-state index is 4.48. The fourth-order valence-electron chi connectivity index (χ4n) is 1.39. The van der Waals surface area contributed by atoms with E-state index >= 15 is 0 Å². The molecule has 0 aromatic heterocycles. The van der Waals surface area contributed by atoms with Gasteiger partial charge in [0.15, 0.2) is 0 Å². The highest BCUT2D eigenvalue weighted by atomic mass is 14.8. The lowest BCUT2D eigenvalue weighted by molar-refractivity contribution is 0.557. The molecule has 0 amide bonds. The molecule has 0 rings (SSSR count). The number of rotatable bonds is 10. The van der Waals surface area contributed by atoms with Gasteiger partial charge in [-0.3, -0.25) is 0 Å². The predicted molar refractivity (Wildman–Crippen MR) is 60.2 cm³/mol. The van der Waals surface area contributed by atoms with E-state index < -0.39 is 0 Å². The van der Waals surface area contributed by atoms with Crippen LogP contribution in [0.3, 0.4) is 0 Å². The molecule has 0 aliphatic carbocycles. The molecule has 0 saturated carbocycles. The van der Waals surface area contributed by atoms with E-state index in [1.807, 2.05) is 0 Å². The highest BCUT2D eigenvalue weighted by Crippen LogP contribution is 2.04. The molecule has 1 heteroatoms. The Morgan fingerprint density at radius 3 is 1.85 bits per heavy atom. The highest BCUT2D eigenvalue weighted by molar-refractivity contribution is 4.48. The van der Waals surface area contributed by atoms with Crippen molar-refractivity contribution >= 4 is 0 Å². The summed E-state index contributed by atoms with van der Waals surface area (Å²) in [4.78, 5) is 0. The van der Waals surface area contributed by atoms with E-state index in [2.05, 4.69) is 19.2 Å². The molecule has 0 aromatic carbocycles. The Bertz CT molecular complexity index is 71.2. The minimum atomic E-state index is 1.09. The predicted octanol–water partition coefficient (Wildman–Crippen LogP) is 3.75. The number of nitrogens with zero attached hydrogens (tertiary/aromatic N) is 1. The van der Waals surface area contributed by atoms with Crippen molar-refractivity contribution in [3.8, 4) is 0 Å². The summed E-state index contributed by atoms with van der Waals surface area (Å²) in [5.74, 6) is 0. The van der Waals surface area contributed by atoms with Crippen molar-refractivity contribution in [2.45, 2.75) is 65.2 Å². The zero-order chi connectivity index (χ0) is 9.78. The fraction of sp³-hybridized carbons (Fsp3) is 1.00. The number of hydrogen-bond donors (Lipinski definition) is 0. The van der Waals surface area contributed by atoms with Crippen molar-refractivity contribution in [1.29, 1.82) is 0 Å². The van der Waals surface area contributed by atoms with E-state index in [4.69, 9.17) is 0 Å². The first-order valence-electron chi connectivity index (χ1n) is 6.05. The lowest BCUT2D eigenvalue weighted by atomic mass is 10.1. The van der Waals surface area contributed by atoms with Crippen LogP contribution in [0.5, 0.6) is 0 Å². The fourth-order valence-corrected chi connectivity index (χ4v) is 1.39. The van der Waals surface area contributed by atoms with E-state index in [-0.39, 0.29) is 0 Å². The SMILES string of the molecule is CCCCCCCC[N]CCCC. The summed E-state index contributed by atoms with van der Waals surface area (Å²) in [6.45, 7) is 6.68. The highest BCUT2D eigenvalue weighted by Gasteiger charge is 1.90. The van der Waals surface area contributed by atoms with E-state index in [0.29, 0.717) is 0 Å². The molecule has 0 atom stereocenters. The number of hydrogen-bond acceptors (Lipinski definition) is 0. The van der Waals surface area contributed by atoms with Gasteiger partial charge in [-0.2, -0.15) is 0 Å². The molecule has 0 fully saturated rings. The largest absolute Gasteiger partial charge is 0.242 e. The molecule has 0 aromatic rings. The molecule has 1 radical (unpaired) electrons. The zero-order valence-corrected chi connectivity index (χ0v) is 9.52. The van der Waals surface area contributed by atoms with Crippen molar-refractivity contribution in [3.05, 3.63) is 0 Å². The molecule has 0 saturated heterocycles. The molecule has 0 unspecified atom stereocenters. The smallest absolute Gasteiger partial charge is 0.0133 e. The van der Waals surface area contributed by atoms with Gasteiger partial charge in [0.1, 0.15) is 0 Å². The Balaban J connectivity index is 2.76. The quantitative estimate of drug-likeness (QED) is 0.459. The van der Waals surface area contributed by atoms with Crippen molar-refractivity contribution in [1.82, 2.24) is 5.32 Å². The van der Waals surface area contributed by atoms with Gasteiger partial charge in [-0.05, 0) is 12.8 Å². The lowest BCUT2D eigenvalue weighted by Crippen LogP contribution is -2.07. The van der Waals surface area contributed by atoms with Gasteiger partial charge in [-0.1, -0.05) is 52.4 Å². The molecule has 0 aliphatic heterocycles. The molecule has 79 valence electrons. The average Bonchev–Trinajstić information content (AvgIpc) is 2.16. The summed E-state index contributed by atoms with van der Waals surface area (Å²) >= 11 is 0.